The molecule has 1 heterocycles. The van der Waals surface area contributed by atoms with Crippen molar-refractivity contribution in [1.29, 1.82) is 0 Å². The molecule has 0 bridgehead atoms. The Morgan fingerprint density at radius 2 is 1.61 bits per heavy atom. The maximum Gasteiger partial charge on any atom is 0.327 e. The van der Waals surface area contributed by atoms with E-state index in [0.717, 1.165) is 24.2 Å². The van der Waals surface area contributed by atoms with Gasteiger partial charge in [-0.2, -0.15) is 0 Å². The van der Waals surface area contributed by atoms with Gasteiger partial charge in [0.25, 0.3) is 5.91 Å². The molecule has 23 heavy (non-hydrogen) atoms. The van der Waals surface area contributed by atoms with Gasteiger partial charge in [0.05, 0.1) is 0 Å². The quantitative estimate of drug-likeness (QED) is 0.745. The average Bonchev–Trinajstić information content (AvgIpc) is 2.64. The minimum absolute atomic E-state index is 0.0386. The lowest BCUT2D eigenvalue weighted by atomic mass is 9.81. The summed E-state index contributed by atoms with van der Waals surface area (Å²) in [7, 11) is 1.69. The maximum atomic E-state index is 12.9. The first-order chi connectivity index (χ1) is 10.7. The van der Waals surface area contributed by atoms with E-state index in [2.05, 4.69) is 0 Å². The first-order valence-corrected chi connectivity index (χ1v) is 8.63. The number of likely N-dealkylation sites (N-methyl/N-ethyl adjacent to an activating group) is 1. The fourth-order valence-electron chi connectivity index (χ4n) is 4.06. The van der Waals surface area contributed by atoms with Crippen LogP contribution in [0.5, 0.6) is 0 Å². The van der Waals surface area contributed by atoms with Crippen LogP contribution in [-0.2, 0) is 9.59 Å². The lowest BCUT2D eigenvalue weighted by Gasteiger charge is -2.36. The Hall–Kier alpha value is -1.59. The number of hydrogen-bond acceptors (Lipinski definition) is 3. The number of amides is 4. The number of rotatable bonds is 4. The summed E-state index contributed by atoms with van der Waals surface area (Å²) in [5.74, 6) is -0.358. The van der Waals surface area contributed by atoms with E-state index in [4.69, 9.17) is 0 Å². The maximum absolute atomic E-state index is 12.9. The van der Waals surface area contributed by atoms with Gasteiger partial charge in [-0.15, -0.1) is 0 Å². The molecule has 0 radical (unpaired) electrons. The molecule has 0 aromatic rings. The highest BCUT2D eigenvalue weighted by molar-refractivity contribution is 6.09. The molecule has 6 heteroatoms. The van der Waals surface area contributed by atoms with Crippen LogP contribution >= 0.6 is 0 Å². The molecule has 2 aliphatic rings. The van der Waals surface area contributed by atoms with Gasteiger partial charge in [-0.05, 0) is 40.5 Å². The molecular weight excluding hydrogens is 294 g/mol. The zero-order valence-corrected chi connectivity index (χ0v) is 15.0. The smallest absolute Gasteiger partial charge is 0.327 e. The molecule has 0 aromatic heterocycles. The van der Waals surface area contributed by atoms with Gasteiger partial charge in [0.1, 0.15) is 12.1 Å². The van der Waals surface area contributed by atoms with E-state index >= 15 is 0 Å². The van der Waals surface area contributed by atoms with E-state index in [1.54, 1.807) is 16.8 Å². The van der Waals surface area contributed by atoms with E-state index in [0.29, 0.717) is 12.8 Å². The normalized spacial score (nSPS) is 21.0. The predicted molar refractivity (Wildman–Crippen MR) is 87.8 cm³/mol. The van der Waals surface area contributed by atoms with Crippen molar-refractivity contribution in [2.75, 3.05) is 13.6 Å². The van der Waals surface area contributed by atoms with Gasteiger partial charge in [0, 0.05) is 19.1 Å². The fourth-order valence-corrected chi connectivity index (χ4v) is 4.06. The van der Waals surface area contributed by atoms with Crippen LogP contribution in [0.3, 0.4) is 0 Å². The molecule has 2 fully saturated rings. The summed E-state index contributed by atoms with van der Waals surface area (Å²) in [4.78, 5) is 42.5. The monoisotopic (exact) mass is 323 g/mol. The Bertz CT molecular complexity index is 487. The highest BCUT2D eigenvalue weighted by Gasteiger charge is 2.56. The van der Waals surface area contributed by atoms with Crippen molar-refractivity contribution in [3.8, 4) is 0 Å². The zero-order chi connectivity index (χ0) is 17.4. The van der Waals surface area contributed by atoms with Crippen molar-refractivity contribution in [1.82, 2.24) is 14.7 Å². The van der Waals surface area contributed by atoms with Crippen molar-refractivity contribution in [3.05, 3.63) is 0 Å². The number of nitrogens with zero attached hydrogens (tertiary/aromatic N) is 3. The van der Waals surface area contributed by atoms with Crippen LogP contribution < -0.4 is 0 Å². The summed E-state index contributed by atoms with van der Waals surface area (Å²) in [6.07, 6.45) is 4.42. The van der Waals surface area contributed by atoms with Crippen LogP contribution in [0.4, 0.5) is 4.79 Å². The molecule has 1 saturated heterocycles. The van der Waals surface area contributed by atoms with E-state index in [-0.39, 0.29) is 36.5 Å². The Labute approximate surface area is 138 Å². The molecular formula is C17H29N3O3. The number of carbonyl (C=O) groups excluding carboxylic acids is 3. The Balaban J connectivity index is 2.18. The van der Waals surface area contributed by atoms with Crippen molar-refractivity contribution in [2.45, 2.75) is 77.4 Å². The van der Waals surface area contributed by atoms with E-state index in [9.17, 15) is 14.4 Å². The van der Waals surface area contributed by atoms with Crippen molar-refractivity contribution in [2.24, 2.45) is 0 Å². The second kappa shape index (κ2) is 6.49. The highest BCUT2D eigenvalue weighted by atomic mass is 16.2. The Morgan fingerprint density at radius 1 is 1.09 bits per heavy atom. The second-order valence-corrected chi connectivity index (χ2v) is 7.31. The summed E-state index contributed by atoms with van der Waals surface area (Å²) in [6.45, 7) is 7.63. The third-order valence-corrected chi connectivity index (χ3v) is 5.18. The standard InChI is InChI=1S/C17H29N3O3/c1-12(2)20(13(3)4)14(21)11-19-15(22)17(18(5)16(19)23)9-7-6-8-10-17/h12-13H,6-11H2,1-5H3. The minimum Gasteiger partial charge on any atom is -0.336 e. The van der Waals surface area contributed by atoms with Crippen LogP contribution in [0.15, 0.2) is 0 Å². The molecule has 0 aromatic carbocycles. The molecule has 1 aliphatic heterocycles. The zero-order valence-electron chi connectivity index (χ0n) is 15.0. The van der Waals surface area contributed by atoms with Crippen molar-refractivity contribution < 1.29 is 14.4 Å². The third-order valence-electron chi connectivity index (χ3n) is 5.18. The van der Waals surface area contributed by atoms with Crippen molar-refractivity contribution >= 4 is 17.8 Å². The predicted octanol–water partition coefficient (Wildman–Crippen LogP) is 2.23. The molecule has 0 unspecified atom stereocenters. The summed E-state index contributed by atoms with van der Waals surface area (Å²) < 4.78 is 0. The van der Waals surface area contributed by atoms with Gasteiger partial charge in [-0.3, -0.25) is 14.5 Å². The lowest BCUT2D eigenvalue weighted by molar-refractivity contribution is -0.142. The molecule has 4 amide bonds. The lowest BCUT2D eigenvalue weighted by Crippen LogP contribution is -2.50. The average molecular weight is 323 g/mol. The van der Waals surface area contributed by atoms with Gasteiger partial charge >= 0.3 is 6.03 Å². The van der Waals surface area contributed by atoms with Crippen LogP contribution in [0.1, 0.15) is 59.8 Å². The SMILES string of the molecule is CC(C)N(C(=O)CN1C(=O)N(C)C2(CCCCC2)C1=O)C(C)C. The molecule has 0 N–H and O–H groups in total. The van der Waals surface area contributed by atoms with E-state index in [1.165, 1.54) is 0 Å². The summed E-state index contributed by atoms with van der Waals surface area (Å²) in [5.41, 5.74) is -0.712. The fraction of sp³-hybridized carbons (Fsp3) is 0.824. The second-order valence-electron chi connectivity index (χ2n) is 7.31. The van der Waals surface area contributed by atoms with Gasteiger partial charge in [-0.25, -0.2) is 4.79 Å². The van der Waals surface area contributed by atoms with Gasteiger partial charge in [-0.1, -0.05) is 19.3 Å². The molecule has 1 spiro atoms. The number of urea groups is 1. The topological polar surface area (TPSA) is 60.9 Å². The Morgan fingerprint density at radius 3 is 2.09 bits per heavy atom. The van der Waals surface area contributed by atoms with Crippen LogP contribution in [0.2, 0.25) is 0 Å². The Kier molecular flexibility index (Phi) is 5.01. The molecule has 1 aliphatic carbocycles. The first kappa shape index (κ1) is 17.8. The van der Waals surface area contributed by atoms with Gasteiger partial charge in [0.2, 0.25) is 5.91 Å². The number of imide groups is 1. The highest BCUT2D eigenvalue weighted by Crippen LogP contribution is 2.39. The largest absolute Gasteiger partial charge is 0.336 e. The van der Waals surface area contributed by atoms with Crippen LogP contribution in [-0.4, -0.2) is 63.8 Å². The summed E-state index contributed by atoms with van der Waals surface area (Å²) >= 11 is 0. The van der Waals surface area contributed by atoms with Crippen molar-refractivity contribution in [3.63, 3.8) is 0 Å². The molecule has 6 nitrogen and oxygen atoms in total. The van der Waals surface area contributed by atoms with Crippen LogP contribution in [0.25, 0.3) is 0 Å². The summed E-state index contributed by atoms with van der Waals surface area (Å²) in [6, 6.07) is -0.258. The molecule has 130 valence electrons. The van der Waals surface area contributed by atoms with E-state index in [1.807, 2.05) is 27.7 Å². The van der Waals surface area contributed by atoms with Gasteiger partial charge < -0.3 is 9.80 Å². The van der Waals surface area contributed by atoms with Gasteiger partial charge in [0.15, 0.2) is 0 Å². The minimum atomic E-state index is -0.712. The van der Waals surface area contributed by atoms with Crippen LogP contribution in [0, 0.1) is 0 Å². The third kappa shape index (κ3) is 2.95. The summed E-state index contributed by atoms with van der Waals surface area (Å²) in [5, 5.41) is 0. The molecule has 1 saturated carbocycles. The number of hydrogen-bond donors (Lipinski definition) is 0. The van der Waals surface area contributed by atoms with E-state index < -0.39 is 5.54 Å². The molecule has 0 atom stereocenters. The first-order valence-electron chi connectivity index (χ1n) is 8.63. The molecule has 2 rings (SSSR count). The number of carbonyl (C=O) groups is 3.